The monoisotopic (exact) mass is 263 g/mol. The molecule has 1 N–H and O–H groups in total. The molecule has 2 nitrogen and oxygen atoms in total. The van der Waals surface area contributed by atoms with Gasteiger partial charge in [0.1, 0.15) is 5.76 Å². The summed E-state index contributed by atoms with van der Waals surface area (Å²) in [5.41, 5.74) is 0. The summed E-state index contributed by atoms with van der Waals surface area (Å²) in [6.45, 7) is 1.87. The molecule has 0 unspecified atom stereocenters. The molecule has 0 bridgehead atoms. The third-order valence-corrected chi connectivity index (χ3v) is 2.75. The Hall–Kier alpha value is 0.0700. The minimum Gasteiger partial charge on any atom is -0.453 e. The third-order valence-electron chi connectivity index (χ3n) is 1.63. The zero-order chi connectivity index (χ0) is 9.52. The Morgan fingerprint density at radius 1 is 1.54 bits per heavy atom. The largest absolute Gasteiger partial charge is 0.453 e. The highest BCUT2D eigenvalue weighted by Crippen LogP contribution is 2.13. The lowest BCUT2D eigenvalue weighted by molar-refractivity contribution is 0.466. The van der Waals surface area contributed by atoms with Crippen LogP contribution in [0.4, 0.5) is 0 Å². The second-order valence-corrected chi connectivity index (χ2v) is 4.50. The molecule has 0 fully saturated rings. The number of hydrogen-bond donors (Lipinski definition) is 1. The van der Waals surface area contributed by atoms with E-state index in [9.17, 15) is 0 Å². The summed E-state index contributed by atoms with van der Waals surface area (Å²) in [6.07, 6.45) is 3.34. The van der Waals surface area contributed by atoms with Gasteiger partial charge in [-0.15, -0.1) is 0 Å². The molecule has 0 atom stereocenters. The number of hydrogen-bond acceptors (Lipinski definition) is 3. The van der Waals surface area contributed by atoms with Crippen LogP contribution in [-0.4, -0.2) is 18.6 Å². The molecule has 0 saturated heterocycles. The van der Waals surface area contributed by atoms with Gasteiger partial charge in [-0.25, -0.2) is 0 Å². The first kappa shape index (κ1) is 11.1. The second-order valence-electron chi connectivity index (χ2n) is 2.73. The van der Waals surface area contributed by atoms with Crippen LogP contribution in [0.5, 0.6) is 0 Å². The van der Waals surface area contributed by atoms with E-state index in [1.54, 1.807) is 0 Å². The highest BCUT2D eigenvalue weighted by molar-refractivity contribution is 9.10. The van der Waals surface area contributed by atoms with Gasteiger partial charge in [-0.2, -0.15) is 11.8 Å². The topological polar surface area (TPSA) is 25.2 Å². The van der Waals surface area contributed by atoms with Crippen LogP contribution in [0.1, 0.15) is 12.2 Å². The zero-order valence-corrected chi connectivity index (χ0v) is 10.1. The van der Waals surface area contributed by atoms with Crippen LogP contribution >= 0.6 is 27.7 Å². The van der Waals surface area contributed by atoms with Crippen molar-refractivity contribution in [3.05, 3.63) is 22.6 Å². The van der Waals surface area contributed by atoms with E-state index < -0.39 is 0 Å². The number of rotatable bonds is 6. The van der Waals surface area contributed by atoms with Gasteiger partial charge in [0.05, 0.1) is 6.54 Å². The number of halogens is 1. The molecule has 13 heavy (non-hydrogen) atoms. The van der Waals surface area contributed by atoms with Crippen molar-refractivity contribution < 1.29 is 4.42 Å². The van der Waals surface area contributed by atoms with Crippen LogP contribution < -0.4 is 5.32 Å². The van der Waals surface area contributed by atoms with Gasteiger partial charge in [-0.05, 0) is 53.0 Å². The van der Waals surface area contributed by atoms with E-state index >= 15 is 0 Å². The van der Waals surface area contributed by atoms with Crippen molar-refractivity contribution in [2.75, 3.05) is 18.6 Å². The van der Waals surface area contributed by atoms with Crippen molar-refractivity contribution in [1.82, 2.24) is 5.32 Å². The Morgan fingerprint density at radius 2 is 2.38 bits per heavy atom. The van der Waals surface area contributed by atoms with Gasteiger partial charge in [0.15, 0.2) is 4.67 Å². The summed E-state index contributed by atoms with van der Waals surface area (Å²) < 4.78 is 6.14. The summed E-state index contributed by atoms with van der Waals surface area (Å²) in [5.74, 6) is 2.20. The Bertz CT molecular complexity index is 239. The minimum absolute atomic E-state index is 0.799. The average Bonchev–Trinajstić information content (AvgIpc) is 2.51. The lowest BCUT2D eigenvalue weighted by atomic mass is 10.4. The van der Waals surface area contributed by atoms with Crippen LogP contribution in [0.25, 0.3) is 0 Å². The molecule has 0 aliphatic heterocycles. The standard InChI is InChI=1S/C9H14BrNOS/c1-13-6-2-5-11-7-8-3-4-9(10)12-8/h3-4,11H,2,5-7H2,1H3. The predicted molar refractivity (Wildman–Crippen MR) is 61.1 cm³/mol. The van der Waals surface area contributed by atoms with Crippen molar-refractivity contribution in [2.45, 2.75) is 13.0 Å². The molecule has 0 radical (unpaired) electrons. The van der Waals surface area contributed by atoms with E-state index in [0.29, 0.717) is 0 Å². The quantitative estimate of drug-likeness (QED) is 0.800. The number of nitrogens with one attached hydrogen (secondary N) is 1. The molecule has 0 saturated carbocycles. The molecule has 1 heterocycles. The average molecular weight is 264 g/mol. The van der Waals surface area contributed by atoms with Crippen LogP contribution in [0, 0.1) is 0 Å². The van der Waals surface area contributed by atoms with Crippen molar-refractivity contribution in [1.29, 1.82) is 0 Å². The van der Waals surface area contributed by atoms with E-state index in [0.717, 1.165) is 23.5 Å². The number of furan rings is 1. The normalized spacial score (nSPS) is 10.6. The fourth-order valence-electron chi connectivity index (χ4n) is 1.000. The predicted octanol–water partition coefficient (Wildman–Crippen LogP) is 2.88. The van der Waals surface area contributed by atoms with Crippen LogP contribution in [-0.2, 0) is 6.54 Å². The highest BCUT2D eigenvalue weighted by atomic mass is 79.9. The van der Waals surface area contributed by atoms with Crippen molar-refractivity contribution in [3.63, 3.8) is 0 Å². The van der Waals surface area contributed by atoms with E-state index in [4.69, 9.17) is 4.42 Å². The fraction of sp³-hybridized carbons (Fsp3) is 0.556. The lowest BCUT2D eigenvalue weighted by Crippen LogP contribution is -2.14. The van der Waals surface area contributed by atoms with Gasteiger partial charge in [-0.1, -0.05) is 0 Å². The van der Waals surface area contributed by atoms with Crippen molar-refractivity contribution in [2.24, 2.45) is 0 Å². The first-order valence-electron chi connectivity index (χ1n) is 4.27. The molecule has 74 valence electrons. The molecule has 0 spiro atoms. The molecule has 1 aromatic heterocycles. The second kappa shape index (κ2) is 6.51. The molecular weight excluding hydrogens is 250 g/mol. The lowest BCUT2D eigenvalue weighted by Gasteiger charge is -2.00. The van der Waals surface area contributed by atoms with Gasteiger partial charge in [0, 0.05) is 0 Å². The maximum atomic E-state index is 5.34. The maximum Gasteiger partial charge on any atom is 0.169 e. The van der Waals surface area contributed by atoms with E-state index in [1.807, 2.05) is 23.9 Å². The van der Waals surface area contributed by atoms with Gasteiger partial charge >= 0.3 is 0 Å². The molecule has 1 rings (SSSR count). The van der Waals surface area contributed by atoms with E-state index in [2.05, 4.69) is 27.5 Å². The smallest absolute Gasteiger partial charge is 0.169 e. The van der Waals surface area contributed by atoms with Gasteiger partial charge in [-0.3, -0.25) is 0 Å². The third kappa shape index (κ3) is 4.74. The summed E-state index contributed by atoms with van der Waals surface area (Å²) in [7, 11) is 0. The Labute approximate surface area is 91.6 Å². The van der Waals surface area contributed by atoms with Crippen LogP contribution in [0.3, 0.4) is 0 Å². The maximum absolute atomic E-state index is 5.34. The molecule has 4 heteroatoms. The van der Waals surface area contributed by atoms with Crippen LogP contribution in [0.15, 0.2) is 21.2 Å². The molecule has 0 aliphatic carbocycles. The van der Waals surface area contributed by atoms with E-state index in [1.165, 1.54) is 12.2 Å². The molecule has 0 amide bonds. The molecule has 1 aromatic rings. The van der Waals surface area contributed by atoms with Crippen molar-refractivity contribution in [3.8, 4) is 0 Å². The minimum atomic E-state index is 0.799. The van der Waals surface area contributed by atoms with Crippen molar-refractivity contribution >= 4 is 27.7 Å². The fourth-order valence-corrected chi connectivity index (χ4v) is 1.77. The Morgan fingerprint density at radius 3 is 3.00 bits per heavy atom. The number of thioether (sulfide) groups is 1. The molecule has 0 aliphatic rings. The zero-order valence-electron chi connectivity index (χ0n) is 7.68. The van der Waals surface area contributed by atoms with E-state index in [-0.39, 0.29) is 0 Å². The summed E-state index contributed by atoms with van der Waals surface area (Å²) in [6, 6.07) is 3.89. The Kier molecular flexibility index (Phi) is 5.58. The summed E-state index contributed by atoms with van der Waals surface area (Å²) in [4.78, 5) is 0. The highest BCUT2D eigenvalue weighted by Gasteiger charge is 1.97. The van der Waals surface area contributed by atoms with Gasteiger partial charge < -0.3 is 9.73 Å². The first-order chi connectivity index (χ1) is 6.33. The van der Waals surface area contributed by atoms with Gasteiger partial charge in [0.2, 0.25) is 0 Å². The molecular formula is C9H14BrNOS. The summed E-state index contributed by atoms with van der Waals surface area (Å²) >= 11 is 5.15. The van der Waals surface area contributed by atoms with Crippen LogP contribution in [0.2, 0.25) is 0 Å². The SMILES string of the molecule is CSCCCNCc1ccc(Br)o1. The summed E-state index contributed by atoms with van der Waals surface area (Å²) in [5, 5.41) is 3.32. The Balaban J connectivity index is 2.06. The molecule has 0 aromatic carbocycles. The first-order valence-corrected chi connectivity index (χ1v) is 6.45. The van der Waals surface area contributed by atoms with Gasteiger partial charge in [0.25, 0.3) is 0 Å².